The third-order valence-electron chi connectivity index (χ3n) is 2.27. The van der Waals surface area contributed by atoms with Crippen molar-refractivity contribution in [3.63, 3.8) is 0 Å². The van der Waals surface area contributed by atoms with Crippen molar-refractivity contribution in [2.24, 2.45) is 5.92 Å². The van der Waals surface area contributed by atoms with E-state index in [2.05, 4.69) is 4.74 Å². The van der Waals surface area contributed by atoms with Gasteiger partial charge < -0.3 is 14.4 Å². The standard InChI is InChI=1S/C12H19NO4/c1-12(2,3)17-11(15)13-7-5-6-9(8-13)10(14)16-4/h5-6,9H,7-8H2,1-4H3/t9-/m1/s1. The van der Waals surface area contributed by atoms with Gasteiger partial charge in [0, 0.05) is 13.1 Å². The number of carbonyl (C=O) groups excluding carboxylic acids is 2. The third-order valence-corrected chi connectivity index (χ3v) is 2.27. The lowest BCUT2D eigenvalue weighted by atomic mass is 10.1. The molecule has 0 aliphatic carbocycles. The summed E-state index contributed by atoms with van der Waals surface area (Å²) < 4.78 is 9.89. The molecule has 0 aromatic heterocycles. The summed E-state index contributed by atoms with van der Waals surface area (Å²) in [5.41, 5.74) is -0.529. The highest BCUT2D eigenvalue weighted by atomic mass is 16.6. The van der Waals surface area contributed by atoms with Crippen LogP contribution in [-0.4, -0.2) is 42.8 Å². The maximum atomic E-state index is 11.8. The van der Waals surface area contributed by atoms with Crippen molar-refractivity contribution in [1.29, 1.82) is 0 Å². The second kappa shape index (κ2) is 5.21. The third kappa shape index (κ3) is 4.09. The highest BCUT2D eigenvalue weighted by Gasteiger charge is 2.28. The lowest BCUT2D eigenvalue weighted by Gasteiger charge is -2.30. The van der Waals surface area contributed by atoms with E-state index in [9.17, 15) is 9.59 Å². The lowest BCUT2D eigenvalue weighted by Crippen LogP contribution is -2.43. The molecule has 0 saturated carbocycles. The Morgan fingerprint density at radius 1 is 1.35 bits per heavy atom. The van der Waals surface area contributed by atoms with Crippen LogP contribution in [0.25, 0.3) is 0 Å². The lowest BCUT2D eigenvalue weighted by molar-refractivity contribution is -0.144. The number of rotatable bonds is 1. The summed E-state index contributed by atoms with van der Waals surface area (Å²) in [7, 11) is 1.34. The molecule has 0 fully saturated rings. The maximum Gasteiger partial charge on any atom is 0.410 e. The van der Waals surface area contributed by atoms with Crippen LogP contribution in [0.4, 0.5) is 4.79 Å². The molecule has 0 unspecified atom stereocenters. The normalized spacial score (nSPS) is 20.0. The minimum absolute atomic E-state index is 0.304. The monoisotopic (exact) mass is 241 g/mol. The predicted molar refractivity (Wildman–Crippen MR) is 62.5 cm³/mol. The summed E-state index contributed by atoms with van der Waals surface area (Å²) in [6.07, 6.45) is 3.12. The fourth-order valence-corrected chi connectivity index (χ4v) is 1.51. The van der Waals surface area contributed by atoms with Crippen LogP contribution in [0.3, 0.4) is 0 Å². The van der Waals surface area contributed by atoms with Gasteiger partial charge in [0.2, 0.25) is 0 Å². The van der Waals surface area contributed by atoms with Gasteiger partial charge in [-0.3, -0.25) is 4.79 Å². The average molecular weight is 241 g/mol. The molecule has 5 nitrogen and oxygen atoms in total. The highest BCUT2D eigenvalue weighted by Crippen LogP contribution is 2.15. The fourth-order valence-electron chi connectivity index (χ4n) is 1.51. The zero-order valence-electron chi connectivity index (χ0n) is 10.7. The van der Waals surface area contributed by atoms with E-state index in [0.29, 0.717) is 13.1 Å². The van der Waals surface area contributed by atoms with Gasteiger partial charge in [0.1, 0.15) is 5.60 Å². The number of methoxy groups -OCH3 is 1. The summed E-state index contributed by atoms with van der Waals surface area (Å²) in [5.74, 6) is -0.740. The van der Waals surface area contributed by atoms with Gasteiger partial charge in [0.05, 0.1) is 13.0 Å². The van der Waals surface area contributed by atoms with Crippen LogP contribution >= 0.6 is 0 Å². The molecule has 1 heterocycles. The van der Waals surface area contributed by atoms with E-state index in [1.807, 2.05) is 20.8 Å². The molecule has 0 aromatic carbocycles. The molecule has 1 aliphatic heterocycles. The van der Waals surface area contributed by atoms with E-state index < -0.39 is 17.6 Å². The van der Waals surface area contributed by atoms with Crippen LogP contribution in [0, 0.1) is 5.92 Å². The minimum atomic E-state index is -0.529. The molecule has 0 radical (unpaired) electrons. The zero-order valence-corrected chi connectivity index (χ0v) is 10.7. The van der Waals surface area contributed by atoms with Gasteiger partial charge >= 0.3 is 12.1 Å². The first-order valence-electron chi connectivity index (χ1n) is 5.56. The Kier molecular flexibility index (Phi) is 4.15. The van der Waals surface area contributed by atoms with Crippen LogP contribution in [0.15, 0.2) is 12.2 Å². The summed E-state index contributed by atoms with van der Waals surface area (Å²) in [4.78, 5) is 24.6. The molecular formula is C12H19NO4. The Bertz CT molecular complexity index is 330. The highest BCUT2D eigenvalue weighted by molar-refractivity contribution is 5.76. The van der Waals surface area contributed by atoms with Crippen molar-refractivity contribution in [2.45, 2.75) is 26.4 Å². The summed E-state index contributed by atoms with van der Waals surface area (Å²) >= 11 is 0. The molecule has 0 aromatic rings. The van der Waals surface area contributed by atoms with E-state index in [0.717, 1.165) is 0 Å². The van der Waals surface area contributed by atoms with Crippen LogP contribution in [0.5, 0.6) is 0 Å². The smallest absolute Gasteiger partial charge is 0.410 e. The Morgan fingerprint density at radius 3 is 2.53 bits per heavy atom. The van der Waals surface area contributed by atoms with Gasteiger partial charge in [-0.2, -0.15) is 0 Å². The van der Waals surface area contributed by atoms with Gasteiger partial charge in [-0.1, -0.05) is 12.2 Å². The van der Waals surface area contributed by atoms with Crippen LogP contribution in [-0.2, 0) is 14.3 Å². The summed E-state index contributed by atoms with van der Waals surface area (Å²) in [6.45, 7) is 6.19. The summed E-state index contributed by atoms with van der Waals surface area (Å²) in [5, 5.41) is 0. The van der Waals surface area contributed by atoms with Crippen LogP contribution in [0.1, 0.15) is 20.8 Å². The Balaban J connectivity index is 2.60. The van der Waals surface area contributed by atoms with E-state index in [4.69, 9.17) is 4.74 Å². The molecule has 0 N–H and O–H groups in total. The van der Waals surface area contributed by atoms with Gasteiger partial charge in [0.15, 0.2) is 0 Å². The van der Waals surface area contributed by atoms with Crippen molar-refractivity contribution in [1.82, 2.24) is 4.90 Å². The first kappa shape index (κ1) is 13.5. The maximum absolute atomic E-state index is 11.8. The minimum Gasteiger partial charge on any atom is -0.469 e. The molecule has 1 rings (SSSR count). The largest absolute Gasteiger partial charge is 0.469 e. The fraction of sp³-hybridized carbons (Fsp3) is 0.667. The van der Waals surface area contributed by atoms with E-state index in [-0.39, 0.29) is 5.97 Å². The number of hydrogen-bond acceptors (Lipinski definition) is 4. The quantitative estimate of drug-likeness (QED) is 0.516. The van der Waals surface area contributed by atoms with Gasteiger partial charge in [-0.05, 0) is 20.8 Å². The van der Waals surface area contributed by atoms with E-state index in [1.54, 1.807) is 12.2 Å². The zero-order chi connectivity index (χ0) is 13.1. The molecule has 5 heteroatoms. The van der Waals surface area contributed by atoms with Crippen LogP contribution in [0.2, 0.25) is 0 Å². The van der Waals surface area contributed by atoms with Crippen molar-refractivity contribution in [3.8, 4) is 0 Å². The number of hydrogen-bond donors (Lipinski definition) is 0. The Morgan fingerprint density at radius 2 is 2.00 bits per heavy atom. The number of ether oxygens (including phenoxy) is 2. The second-order valence-electron chi connectivity index (χ2n) is 4.94. The Labute approximate surface area is 101 Å². The average Bonchev–Trinajstić information content (AvgIpc) is 2.26. The van der Waals surface area contributed by atoms with Gasteiger partial charge in [-0.15, -0.1) is 0 Å². The van der Waals surface area contributed by atoms with Gasteiger partial charge in [-0.25, -0.2) is 4.79 Å². The Hall–Kier alpha value is -1.52. The molecule has 96 valence electrons. The van der Waals surface area contributed by atoms with Gasteiger partial charge in [0.25, 0.3) is 0 Å². The molecule has 17 heavy (non-hydrogen) atoms. The first-order valence-corrected chi connectivity index (χ1v) is 5.56. The molecule has 1 atom stereocenters. The number of nitrogens with zero attached hydrogens (tertiary/aromatic N) is 1. The second-order valence-corrected chi connectivity index (χ2v) is 4.94. The van der Waals surface area contributed by atoms with Crippen molar-refractivity contribution in [3.05, 3.63) is 12.2 Å². The molecule has 1 aliphatic rings. The molecular weight excluding hydrogens is 222 g/mol. The SMILES string of the molecule is COC(=O)[C@@H]1C=CCN(C(=O)OC(C)(C)C)C1. The first-order chi connectivity index (χ1) is 7.83. The summed E-state index contributed by atoms with van der Waals surface area (Å²) in [6, 6.07) is 0. The molecule has 0 spiro atoms. The number of amides is 1. The topological polar surface area (TPSA) is 55.8 Å². The van der Waals surface area contributed by atoms with E-state index >= 15 is 0 Å². The van der Waals surface area contributed by atoms with Crippen molar-refractivity contribution >= 4 is 12.1 Å². The molecule has 0 bridgehead atoms. The number of carbonyl (C=O) groups is 2. The molecule has 1 amide bonds. The van der Waals surface area contributed by atoms with Crippen molar-refractivity contribution < 1.29 is 19.1 Å². The van der Waals surface area contributed by atoms with E-state index in [1.165, 1.54) is 12.0 Å². The van der Waals surface area contributed by atoms with Crippen molar-refractivity contribution in [2.75, 3.05) is 20.2 Å². The number of esters is 1. The predicted octanol–water partition coefficient (Wildman–Crippen LogP) is 1.58. The molecule has 0 saturated heterocycles. The van der Waals surface area contributed by atoms with Crippen LogP contribution < -0.4 is 0 Å².